The van der Waals surface area contributed by atoms with E-state index in [2.05, 4.69) is 22.2 Å². The molecule has 1 amide bonds. The van der Waals surface area contributed by atoms with E-state index in [1.807, 2.05) is 48.5 Å². The molecule has 0 atom stereocenters. The van der Waals surface area contributed by atoms with Gasteiger partial charge in [0.2, 0.25) is 5.91 Å². The van der Waals surface area contributed by atoms with Crippen LogP contribution in [0.5, 0.6) is 0 Å². The Morgan fingerprint density at radius 2 is 1.56 bits per heavy atom. The van der Waals surface area contributed by atoms with Crippen molar-refractivity contribution in [3.8, 4) is 0 Å². The fraction of sp³-hybridized carbons (Fsp3) is 0.273. The van der Waals surface area contributed by atoms with Gasteiger partial charge in [-0.15, -0.1) is 0 Å². The number of anilines is 2. The van der Waals surface area contributed by atoms with Crippen LogP contribution < -0.4 is 10.2 Å². The number of rotatable bonds is 5. The Hall–Kier alpha value is -2.92. The molecule has 0 unspecified atom stereocenters. The van der Waals surface area contributed by atoms with Crippen molar-refractivity contribution >= 4 is 29.1 Å². The van der Waals surface area contributed by atoms with Crippen molar-refractivity contribution in [3.05, 3.63) is 65.7 Å². The summed E-state index contributed by atoms with van der Waals surface area (Å²) in [5, 5.41) is 2.72. The molecule has 1 fully saturated rings. The van der Waals surface area contributed by atoms with Crippen LogP contribution in [0.2, 0.25) is 0 Å². The molecule has 0 saturated carbocycles. The van der Waals surface area contributed by atoms with Crippen LogP contribution in [0, 0.1) is 0 Å². The summed E-state index contributed by atoms with van der Waals surface area (Å²) < 4.78 is 0. The number of nitrogens with zero attached hydrogens (tertiary/aromatic N) is 2. The van der Waals surface area contributed by atoms with Crippen molar-refractivity contribution in [2.24, 2.45) is 0 Å². The van der Waals surface area contributed by atoms with Crippen LogP contribution in [0.25, 0.3) is 6.08 Å². The molecule has 0 radical (unpaired) electrons. The van der Waals surface area contributed by atoms with E-state index < -0.39 is 0 Å². The van der Waals surface area contributed by atoms with Crippen LogP contribution in [-0.2, 0) is 4.79 Å². The van der Waals surface area contributed by atoms with Gasteiger partial charge >= 0.3 is 0 Å². The second-order valence-corrected chi connectivity index (χ2v) is 6.84. The lowest BCUT2D eigenvalue weighted by Crippen LogP contribution is -2.44. The summed E-state index contributed by atoms with van der Waals surface area (Å²) in [5.74, 6) is -0.126. The van der Waals surface area contributed by atoms with Crippen LogP contribution in [-0.4, -0.2) is 49.8 Å². The Kier molecular flexibility index (Phi) is 6.04. The van der Waals surface area contributed by atoms with Crippen LogP contribution >= 0.6 is 0 Å². The lowest BCUT2D eigenvalue weighted by atomic mass is 10.1. The summed E-state index contributed by atoms with van der Waals surface area (Å²) in [6.45, 7) is 5.62. The lowest BCUT2D eigenvalue weighted by Gasteiger charge is -2.34. The first-order chi connectivity index (χ1) is 13.0. The van der Waals surface area contributed by atoms with Crippen molar-refractivity contribution in [3.63, 3.8) is 0 Å². The minimum atomic E-state index is -0.103. The summed E-state index contributed by atoms with van der Waals surface area (Å²) in [6.07, 6.45) is 3.37. The number of benzene rings is 2. The standard InChI is InChI=1S/C22H25N3O2/c1-17(26)23-20-8-3-18(4-9-20)5-12-22(27)19-6-10-21(11-7-19)25-15-13-24(2)14-16-25/h3-12H,13-16H2,1-2H3,(H,23,26)/b12-5+. The number of hydrogen-bond acceptors (Lipinski definition) is 4. The molecule has 1 aliphatic rings. The molecule has 0 aliphatic carbocycles. The van der Waals surface area contributed by atoms with E-state index in [0.29, 0.717) is 5.56 Å². The Morgan fingerprint density at radius 1 is 0.926 bits per heavy atom. The molecule has 5 heteroatoms. The zero-order chi connectivity index (χ0) is 19.2. The second kappa shape index (κ2) is 8.64. The molecule has 0 aromatic heterocycles. The number of likely N-dealkylation sites (N-methyl/N-ethyl adjacent to an activating group) is 1. The predicted octanol–water partition coefficient (Wildman–Crippen LogP) is 3.29. The van der Waals surface area contributed by atoms with Crippen molar-refractivity contribution < 1.29 is 9.59 Å². The number of piperazine rings is 1. The first-order valence-electron chi connectivity index (χ1n) is 9.15. The lowest BCUT2D eigenvalue weighted by molar-refractivity contribution is -0.114. The summed E-state index contributed by atoms with van der Waals surface area (Å²) in [4.78, 5) is 28.1. The third kappa shape index (κ3) is 5.28. The van der Waals surface area contributed by atoms with Crippen LogP contribution in [0.4, 0.5) is 11.4 Å². The van der Waals surface area contributed by atoms with Crippen molar-refractivity contribution in [1.29, 1.82) is 0 Å². The number of nitrogens with one attached hydrogen (secondary N) is 1. The van der Waals surface area contributed by atoms with E-state index in [9.17, 15) is 9.59 Å². The minimum Gasteiger partial charge on any atom is -0.369 e. The molecule has 3 rings (SSSR count). The van der Waals surface area contributed by atoms with Crippen LogP contribution in [0.3, 0.4) is 0 Å². The number of allylic oxidation sites excluding steroid dienone is 1. The summed E-state index contributed by atoms with van der Waals surface area (Å²) in [7, 11) is 2.14. The summed E-state index contributed by atoms with van der Waals surface area (Å²) >= 11 is 0. The van der Waals surface area contributed by atoms with Crippen LogP contribution in [0.1, 0.15) is 22.8 Å². The highest BCUT2D eigenvalue weighted by Crippen LogP contribution is 2.18. The average molecular weight is 363 g/mol. The number of ketones is 1. The molecule has 1 N–H and O–H groups in total. The van der Waals surface area contributed by atoms with Gasteiger partial charge in [-0.1, -0.05) is 18.2 Å². The largest absolute Gasteiger partial charge is 0.369 e. The topological polar surface area (TPSA) is 52.7 Å². The van der Waals surface area contributed by atoms with Gasteiger partial charge in [0.15, 0.2) is 5.78 Å². The van der Waals surface area contributed by atoms with Crippen LogP contribution in [0.15, 0.2) is 54.6 Å². The van der Waals surface area contributed by atoms with E-state index in [1.165, 1.54) is 6.92 Å². The molecule has 0 spiro atoms. The quantitative estimate of drug-likeness (QED) is 0.654. The molecule has 5 nitrogen and oxygen atoms in total. The smallest absolute Gasteiger partial charge is 0.221 e. The fourth-order valence-electron chi connectivity index (χ4n) is 3.05. The number of amides is 1. The Bertz CT molecular complexity index is 818. The van der Waals surface area contributed by atoms with E-state index in [4.69, 9.17) is 0 Å². The molecule has 1 aliphatic heterocycles. The van der Waals surface area contributed by atoms with Gasteiger partial charge in [0.1, 0.15) is 0 Å². The van der Waals surface area contributed by atoms with Crippen molar-refractivity contribution in [1.82, 2.24) is 4.90 Å². The molecule has 27 heavy (non-hydrogen) atoms. The van der Waals surface area contributed by atoms with Gasteiger partial charge in [-0.25, -0.2) is 0 Å². The zero-order valence-corrected chi connectivity index (χ0v) is 15.8. The Morgan fingerprint density at radius 3 is 2.15 bits per heavy atom. The predicted molar refractivity (Wildman–Crippen MR) is 110 cm³/mol. The maximum Gasteiger partial charge on any atom is 0.221 e. The third-order valence-corrected chi connectivity index (χ3v) is 4.68. The van der Waals surface area contributed by atoms with Gasteiger partial charge in [-0.3, -0.25) is 9.59 Å². The molecular weight excluding hydrogens is 338 g/mol. The number of carbonyl (C=O) groups excluding carboxylic acids is 2. The monoisotopic (exact) mass is 363 g/mol. The van der Waals surface area contributed by atoms with E-state index >= 15 is 0 Å². The maximum absolute atomic E-state index is 12.4. The van der Waals surface area contributed by atoms with Crippen molar-refractivity contribution in [2.75, 3.05) is 43.4 Å². The number of hydrogen-bond donors (Lipinski definition) is 1. The van der Waals surface area contributed by atoms with E-state index in [1.54, 1.807) is 12.2 Å². The number of carbonyl (C=O) groups is 2. The fourth-order valence-corrected chi connectivity index (χ4v) is 3.05. The SMILES string of the molecule is CC(=O)Nc1ccc(/C=C/C(=O)c2ccc(N3CCN(C)CC3)cc2)cc1. The molecule has 2 aromatic rings. The van der Waals surface area contributed by atoms with Gasteiger partial charge in [0.25, 0.3) is 0 Å². The second-order valence-electron chi connectivity index (χ2n) is 6.84. The normalized spacial score (nSPS) is 15.1. The van der Waals surface area contributed by atoms with E-state index in [-0.39, 0.29) is 11.7 Å². The summed E-state index contributed by atoms with van der Waals surface area (Å²) in [5.41, 5.74) is 3.49. The zero-order valence-electron chi connectivity index (χ0n) is 15.8. The first kappa shape index (κ1) is 18.9. The highest BCUT2D eigenvalue weighted by atomic mass is 16.1. The highest BCUT2D eigenvalue weighted by Gasteiger charge is 2.14. The van der Waals surface area contributed by atoms with Gasteiger partial charge in [-0.2, -0.15) is 0 Å². The van der Waals surface area contributed by atoms with Gasteiger partial charge in [-0.05, 0) is 55.1 Å². The highest BCUT2D eigenvalue weighted by molar-refractivity contribution is 6.07. The molecule has 0 bridgehead atoms. The third-order valence-electron chi connectivity index (χ3n) is 4.68. The summed E-state index contributed by atoms with van der Waals surface area (Å²) in [6, 6.07) is 15.2. The maximum atomic E-state index is 12.4. The van der Waals surface area contributed by atoms with Gasteiger partial charge in [0, 0.05) is 50.0 Å². The Balaban J connectivity index is 1.60. The van der Waals surface area contributed by atoms with Gasteiger partial charge in [0.05, 0.1) is 0 Å². The van der Waals surface area contributed by atoms with Gasteiger partial charge < -0.3 is 15.1 Å². The van der Waals surface area contributed by atoms with E-state index in [0.717, 1.165) is 43.1 Å². The first-order valence-corrected chi connectivity index (χ1v) is 9.15. The molecule has 1 heterocycles. The molecule has 140 valence electrons. The molecule has 1 saturated heterocycles. The minimum absolute atomic E-state index is 0.0223. The molecule has 2 aromatic carbocycles. The molecular formula is C22H25N3O2. The average Bonchev–Trinajstić information content (AvgIpc) is 2.67. The Labute approximate surface area is 160 Å². The van der Waals surface area contributed by atoms with Crippen molar-refractivity contribution in [2.45, 2.75) is 6.92 Å².